The van der Waals surface area contributed by atoms with Gasteiger partial charge in [0.15, 0.2) is 0 Å². The molecule has 0 radical (unpaired) electrons. The van der Waals surface area contributed by atoms with E-state index in [2.05, 4.69) is 15.3 Å². The molecule has 5 nitrogen and oxygen atoms in total. The van der Waals surface area contributed by atoms with Crippen LogP contribution in [0.15, 0.2) is 6.33 Å². The van der Waals surface area contributed by atoms with Crippen molar-refractivity contribution in [3.8, 4) is 0 Å². The van der Waals surface area contributed by atoms with Crippen LogP contribution < -0.4 is 5.32 Å². The van der Waals surface area contributed by atoms with Crippen LogP contribution in [0.1, 0.15) is 25.8 Å². The summed E-state index contributed by atoms with van der Waals surface area (Å²) >= 11 is 5.94. The number of rotatable bonds is 6. The third-order valence-corrected chi connectivity index (χ3v) is 2.50. The van der Waals surface area contributed by atoms with Gasteiger partial charge in [0.25, 0.3) is 0 Å². The van der Waals surface area contributed by atoms with Gasteiger partial charge in [0.1, 0.15) is 17.3 Å². The van der Waals surface area contributed by atoms with Gasteiger partial charge in [-0.3, -0.25) is 4.79 Å². The highest BCUT2D eigenvalue weighted by Gasteiger charge is 2.08. The fourth-order valence-electron chi connectivity index (χ4n) is 1.37. The maximum Gasteiger partial charge on any atom is 0.307 e. The first-order valence-corrected chi connectivity index (χ1v) is 5.95. The van der Waals surface area contributed by atoms with Gasteiger partial charge in [0.2, 0.25) is 0 Å². The number of ether oxygens (including phenoxy) is 1. The second-order valence-corrected chi connectivity index (χ2v) is 3.69. The molecule has 0 saturated carbocycles. The number of esters is 1. The molecule has 0 amide bonds. The Morgan fingerprint density at radius 1 is 1.47 bits per heavy atom. The van der Waals surface area contributed by atoms with E-state index >= 15 is 0 Å². The molecule has 94 valence electrons. The molecule has 6 heteroatoms. The maximum absolute atomic E-state index is 11.1. The van der Waals surface area contributed by atoms with Crippen molar-refractivity contribution >= 4 is 23.4 Å². The standard InChI is InChI=1S/C11H16ClN3O2/c1-3-8-10(12)14-7-15-11(8)13-6-5-9(16)17-4-2/h7H,3-6H2,1-2H3,(H,13,14,15). The van der Waals surface area contributed by atoms with Crippen molar-refractivity contribution in [2.45, 2.75) is 26.7 Å². The Morgan fingerprint density at radius 2 is 2.24 bits per heavy atom. The molecule has 0 aliphatic heterocycles. The topological polar surface area (TPSA) is 64.1 Å². The summed E-state index contributed by atoms with van der Waals surface area (Å²) in [6.45, 7) is 4.63. The van der Waals surface area contributed by atoms with Crippen molar-refractivity contribution in [2.75, 3.05) is 18.5 Å². The second kappa shape index (κ2) is 7.06. The number of nitrogens with zero attached hydrogens (tertiary/aromatic N) is 2. The Balaban J connectivity index is 2.52. The third kappa shape index (κ3) is 4.19. The molecular weight excluding hydrogens is 242 g/mol. The van der Waals surface area contributed by atoms with Crippen molar-refractivity contribution in [1.82, 2.24) is 9.97 Å². The lowest BCUT2D eigenvalue weighted by Gasteiger charge is -2.09. The Morgan fingerprint density at radius 3 is 2.88 bits per heavy atom. The smallest absolute Gasteiger partial charge is 0.307 e. The van der Waals surface area contributed by atoms with Crippen LogP contribution in [0, 0.1) is 0 Å². The highest BCUT2D eigenvalue weighted by molar-refractivity contribution is 6.30. The van der Waals surface area contributed by atoms with Crippen molar-refractivity contribution < 1.29 is 9.53 Å². The second-order valence-electron chi connectivity index (χ2n) is 3.33. The zero-order chi connectivity index (χ0) is 12.7. The number of anilines is 1. The average Bonchev–Trinajstić information content (AvgIpc) is 2.29. The lowest BCUT2D eigenvalue weighted by Crippen LogP contribution is -2.13. The molecule has 1 heterocycles. The van der Waals surface area contributed by atoms with Gasteiger partial charge in [-0.1, -0.05) is 18.5 Å². The number of hydrogen-bond donors (Lipinski definition) is 1. The molecular formula is C11H16ClN3O2. The summed E-state index contributed by atoms with van der Waals surface area (Å²) in [5.41, 5.74) is 0.859. The molecule has 1 N–H and O–H groups in total. The average molecular weight is 258 g/mol. The van der Waals surface area contributed by atoms with Gasteiger partial charge in [0, 0.05) is 12.1 Å². The summed E-state index contributed by atoms with van der Waals surface area (Å²) in [6, 6.07) is 0. The van der Waals surface area contributed by atoms with E-state index in [1.54, 1.807) is 6.92 Å². The van der Waals surface area contributed by atoms with Gasteiger partial charge in [-0.15, -0.1) is 0 Å². The molecule has 17 heavy (non-hydrogen) atoms. The minimum atomic E-state index is -0.224. The summed E-state index contributed by atoms with van der Waals surface area (Å²) in [7, 11) is 0. The number of aromatic nitrogens is 2. The first kappa shape index (κ1) is 13.7. The van der Waals surface area contributed by atoms with E-state index in [9.17, 15) is 4.79 Å². The van der Waals surface area contributed by atoms with E-state index in [4.69, 9.17) is 16.3 Å². The van der Waals surface area contributed by atoms with Crippen LogP contribution in [0.3, 0.4) is 0 Å². The summed E-state index contributed by atoms with van der Waals surface area (Å²) in [5, 5.41) is 3.50. The van der Waals surface area contributed by atoms with Crippen LogP contribution in [0.4, 0.5) is 5.82 Å². The summed E-state index contributed by atoms with van der Waals surface area (Å²) in [4.78, 5) is 19.1. The molecule has 0 atom stereocenters. The van der Waals surface area contributed by atoms with E-state index < -0.39 is 0 Å². The zero-order valence-electron chi connectivity index (χ0n) is 9.99. The third-order valence-electron chi connectivity index (χ3n) is 2.17. The van der Waals surface area contributed by atoms with E-state index in [0.717, 1.165) is 12.0 Å². The zero-order valence-corrected chi connectivity index (χ0v) is 10.8. The predicted molar refractivity (Wildman–Crippen MR) is 66.2 cm³/mol. The van der Waals surface area contributed by atoms with Gasteiger partial charge < -0.3 is 10.1 Å². The van der Waals surface area contributed by atoms with Gasteiger partial charge in [-0.2, -0.15) is 0 Å². The SMILES string of the molecule is CCOC(=O)CCNc1ncnc(Cl)c1CC. The molecule has 0 bridgehead atoms. The summed E-state index contributed by atoms with van der Waals surface area (Å²) < 4.78 is 4.82. The first-order chi connectivity index (χ1) is 8.19. The van der Waals surface area contributed by atoms with E-state index in [1.165, 1.54) is 6.33 Å². The highest BCUT2D eigenvalue weighted by atomic mass is 35.5. The van der Waals surface area contributed by atoms with Crippen molar-refractivity contribution in [1.29, 1.82) is 0 Å². The molecule has 0 saturated heterocycles. The molecule has 1 rings (SSSR count). The number of carbonyl (C=O) groups is 1. The van der Waals surface area contributed by atoms with Crippen LogP contribution in [0.5, 0.6) is 0 Å². The Hall–Kier alpha value is -1.36. The van der Waals surface area contributed by atoms with Crippen LogP contribution >= 0.6 is 11.6 Å². The minimum Gasteiger partial charge on any atom is -0.466 e. The lowest BCUT2D eigenvalue weighted by atomic mass is 10.2. The highest BCUT2D eigenvalue weighted by Crippen LogP contribution is 2.19. The Bertz CT molecular complexity index is 385. The van der Waals surface area contributed by atoms with E-state index in [1.807, 2.05) is 6.92 Å². The van der Waals surface area contributed by atoms with Gasteiger partial charge >= 0.3 is 5.97 Å². The number of carbonyl (C=O) groups excluding carboxylic acids is 1. The van der Waals surface area contributed by atoms with Crippen molar-refractivity contribution in [3.05, 3.63) is 17.0 Å². The normalized spacial score (nSPS) is 10.1. The first-order valence-electron chi connectivity index (χ1n) is 5.57. The molecule has 0 aromatic carbocycles. The summed E-state index contributed by atoms with van der Waals surface area (Å²) in [6.07, 6.45) is 2.44. The van der Waals surface area contributed by atoms with E-state index in [-0.39, 0.29) is 5.97 Å². The van der Waals surface area contributed by atoms with Crippen LogP contribution in [-0.2, 0) is 16.0 Å². The minimum absolute atomic E-state index is 0.224. The van der Waals surface area contributed by atoms with Crippen LogP contribution in [0.2, 0.25) is 5.15 Å². The molecule has 1 aromatic heterocycles. The molecule has 0 aliphatic rings. The Kier molecular flexibility index (Phi) is 5.69. The molecule has 0 aliphatic carbocycles. The number of hydrogen-bond acceptors (Lipinski definition) is 5. The van der Waals surface area contributed by atoms with Crippen LogP contribution in [0.25, 0.3) is 0 Å². The lowest BCUT2D eigenvalue weighted by molar-refractivity contribution is -0.142. The van der Waals surface area contributed by atoms with Gasteiger partial charge in [-0.05, 0) is 13.3 Å². The molecule has 0 unspecified atom stereocenters. The fourth-order valence-corrected chi connectivity index (χ4v) is 1.64. The molecule has 1 aromatic rings. The largest absolute Gasteiger partial charge is 0.466 e. The Labute approximate surface area is 106 Å². The fraction of sp³-hybridized carbons (Fsp3) is 0.545. The van der Waals surface area contributed by atoms with E-state index in [0.29, 0.717) is 30.5 Å². The van der Waals surface area contributed by atoms with Crippen LogP contribution in [-0.4, -0.2) is 29.1 Å². The molecule has 0 spiro atoms. The predicted octanol–water partition coefficient (Wildman–Crippen LogP) is 2.06. The number of nitrogens with one attached hydrogen (secondary N) is 1. The summed E-state index contributed by atoms with van der Waals surface area (Å²) in [5.74, 6) is 0.454. The molecule has 0 fully saturated rings. The van der Waals surface area contributed by atoms with Gasteiger partial charge in [0.05, 0.1) is 13.0 Å². The van der Waals surface area contributed by atoms with Crippen molar-refractivity contribution in [3.63, 3.8) is 0 Å². The van der Waals surface area contributed by atoms with Crippen molar-refractivity contribution in [2.24, 2.45) is 0 Å². The maximum atomic E-state index is 11.1. The number of halogens is 1. The monoisotopic (exact) mass is 257 g/mol. The quantitative estimate of drug-likeness (QED) is 0.624. The van der Waals surface area contributed by atoms with Gasteiger partial charge in [-0.25, -0.2) is 9.97 Å².